The van der Waals surface area contributed by atoms with Gasteiger partial charge in [-0.05, 0) is 24.6 Å². The summed E-state index contributed by atoms with van der Waals surface area (Å²) in [6.07, 6.45) is -1.32. The van der Waals surface area contributed by atoms with Crippen LogP contribution in [0, 0.1) is 0 Å². The van der Waals surface area contributed by atoms with Crippen LogP contribution in [0.25, 0.3) is 0 Å². The van der Waals surface area contributed by atoms with Crippen LogP contribution in [-0.2, 0) is 14.3 Å². The van der Waals surface area contributed by atoms with Crippen molar-refractivity contribution >= 4 is 11.9 Å². The molecule has 1 N–H and O–H groups in total. The van der Waals surface area contributed by atoms with Crippen LogP contribution in [0.3, 0.4) is 0 Å². The molecule has 0 aliphatic carbocycles. The molecule has 0 amide bonds. The van der Waals surface area contributed by atoms with Gasteiger partial charge in [0.1, 0.15) is 5.75 Å². The van der Waals surface area contributed by atoms with Crippen LogP contribution in [0.5, 0.6) is 5.75 Å². The lowest BCUT2D eigenvalue weighted by Crippen LogP contribution is -2.15. The summed E-state index contributed by atoms with van der Waals surface area (Å²) in [5.74, 6) is -0.770. The van der Waals surface area contributed by atoms with E-state index in [4.69, 9.17) is 4.74 Å². The monoisotopic (exact) mass is 238 g/mol. The molecule has 0 aromatic heterocycles. The second-order valence-electron chi connectivity index (χ2n) is 3.32. The van der Waals surface area contributed by atoms with Gasteiger partial charge in [0.2, 0.25) is 0 Å². The molecule has 92 valence electrons. The molecule has 1 unspecified atom stereocenters. The zero-order valence-electron chi connectivity index (χ0n) is 9.67. The first kappa shape index (κ1) is 13.2. The van der Waals surface area contributed by atoms with Gasteiger partial charge in [0.05, 0.1) is 6.61 Å². The van der Waals surface area contributed by atoms with E-state index < -0.39 is 18.0 Å². The molecular weight excluding hydrogens is 224 g/mol. The van der Waals surface area contributed by atoms with Gasteiger partial charge in [-0.3, -0.25) is 4.79 Å². The highest BCUT2D eigenvalue weighted by molar-refractivity contribution is 5.76. The molecule has 1 atom stereocenters. The molecule has 1 aromatic rings. The maximum Gasteiger partial charge on any atom is 0.339 e. The Morgan fingerprint density at radius 2 is 1.88 bits per heavy atom. The fourth-order valence-corrected chi connectivity index (χ4v) is 1.24. The van der Waals surface area contributed by atoms with Gasteiger partial charge in [-0.15, -0.1) is 0 Å². The molecule has 1 aromatic carbocycles. The third-order valence-corrected chi connectivity index (χ3v) is 1.97. The van der Waals surface area contributed by atoms with Crippen LogP contribution >= 0.6 is 0 Å². The van der Waals surface area contributed by atoms with E-state index in [1.54, 1.807) is 6.92 Å². The fourth-order valence-electron chi connectivity index (χ4n) is 1.24. The van der Waals surface area contributed by atoms with E-state index in [1.807, 2.05) is 0 Å². The number of carbonyl (C=O) groups is 2. The van der Waals surface area contributed by atoms with Crippen LogP contribution in [-0.4, -0.2) is 23.7 Å². The first-order chi connectivity index (χ1) is 8.04. The van der Waals surface area contributed by atoms with Gasteiger partial charge < -0.3 is 14.6 Å². The van der Waals surface area contributed by atoms with Crippen molar-refractivity contribution < 1.29 is 24.2 Å². The predicted octanol–water partition coefficient (Wildman–Crippen LogP) is 1.21. The summed E-state index contributed by atoms with van der Waals surface area (Å²) in [6.45, 7) is 3.16. The highest BCUT2D eigenvalue weighted by Gasteiger charge is 2.18. The molecule has 0 saturated heterocycles. The second-order valence-corrected chi connectivity index (χ2v) is 3.32. The van der Waals surface area contributed by atoms with Crippen molar-refractivity contribution in [3.05, 3.63) is 29.8 Å². The van der Waals surface area contributed by atoms with Gasteiger partial charge in [0.25, 0.3) is 0 Å². The number of hydrogen-bond donors (Lipinski definition) is 1. The highest BCUT2D eigenvalue weighted by Crippen LogP contribution is 2.18. The Hall–Kier alpha value is -1.88. The number of aliphatic hydroxyl groups is 1. The Labute approximate surface area is 99.0 Å². The summed E-state index contributed by atoms with van der Waals surface area (Å²) < 4.78 is 9.50. The molecule has 0 aliphatic rings. The molecule has 5 heteroatoms. The average molecular weight is 238 g/mol. The zero-order valence-corrected chi connectivity index (χ0v) is 9.67. The summed E-state index contributed by atoms with van der Waals surface area (Å²) in [4.78, 5) is 21.9. The lowest BCUT2D eigenvalue weighted by Gasteiger charge is -2.10. The molecule has 5 nitrogen and oxygen atoms in total. The largest absolute Gasteiger partial charge is 0.464 e. The molecule has 0 heterocycles. The van der Waals surface area contributed by atoms with Crippen LogP contribution in [0.1, 0.15) is 25.5 Å². The Morgan fingerprint density at radius 3 is 2.35 bits per heavy atom. The minimum Gasteiger partial charge on any atom is -0.464 e. The Morgan fingerprint density at radius 1 is 1.29 bits per heavy atom. The summed E-state index contributed by atoms with van der Waals surface area (Å²) in [7, 11) is 0. The van der Waals surface area contributed by atoms with E-state index >= 15 is 0 Å². The molecule has 17 heavy (non-hydrogen) atoms. The quantitative estimate of drug-likeness (QED) is 0.630. The van der Waals surface area contributed by atoms with E-state index in [1.165, 1.54) is 31.2 Å². The number of ether oxygens (including phenoxy) is 2. The summed E-state index contributed by atoms with van der Waals surface area (Å²) in [5, 5.41) is 9.61. The minimum absolute atomic E-state index is 0.210. The predicted molar refractivity (Wildman–Crippen MR) is 59.3 cm³/mol. The van der Waals surface area contributed by atoms with Crippen molar-refractivity contribution in [1.29, 1.82) is 0 Å². The number of hydrogen-bond acceptors (Lipinski definition) is 5. The summed E-state index contributed by atoms with van der Waals surface area (Å²) in [5.41, 5.74) is 0.388. The lowest BCUT2D eigenvalue weighted by molar-refractivity contribution is -0.153. The summed E-state index contributed by atoms with van der Waals surface area (Å²) >= 11 is 0. The van der Waals surface area contributed by atoms with E-state index in [9.17, 15) is 14.7 Å². The van der Waals surface area contributed by atoms with E-state index in [0.717, 1.165) is 0 Å². The maximum atomic E-state index is 11.2. The van der Waals surface area contributed by atoms with Crippen molar-refractivity contribution in [2.75, 3.05) is 6.61 Å². The average Bonchev–Trinajstić information content (AvgIpc) is 2.28. The fraction of sp³-hybridized carbons (Fsp3) is 0.333. The van der Waals surface area contributed by atoms with Crippen molar-refractivity contribution in [1.82, 2.24) is 0 Å². The number of aliphatic hydroxyl groups excluding tert-OH is 1. The number of esters is 2. The maximum absolute atomic E-state index is 11.2. The van der Waals surface area contributed by atoms with Gasteiger partial charge >= 0.3 is 11.9 Å². The molecule has 0 bridgehead atoms. The Bertz CT molecular complexity index is 396. The minimum atomic E-state index is -1.32. The highest BCUT2D eigenvalue weighted by atomic mass is 16.5. The Balaban J connectivity index is 2.73. The van der Waals surface area contributed by atoms with Gasteiger partial charge in [0, 0.05) is 6.92 Å². The molecule has 0 saturated carbocycles. The smallest absolute Gasteiger partial charge is 0.339 e. The van der Waals surface area contributed by atoms with Crippen molar-refractivity contribution in [2.45, 2.75) is 20.0 Å². The number of carbonyl (C=O) groups excluding carboxylic acids is 2. The van der Waals surface area contributed by atoms with Crippen LogP contribution in [0.4, 0.5) is 0 Å². The molecule has 0 radical (unpaired) electrons. The van der Waals surface area contributed by atoms with Gasteiger partial charge in [-0.1, -0.05) is 12.1 Å². The molecule has 0 fully saturated rings. The van der Waals surface area contributed by atoms with Crippen molar-refractivity contribution in [3.8, 4) is 5.75 Å². The summed E-state index contributed by atoms with van der Waals surface area (Å²) in [6, 6.07) is 6.00. The van der Waals surface area contributed by atoms with E-state index in [2.05, 4.69) is 4.74 Å². The Kier molecular flexibility index (Phi) is 4.66. The van der Waals surface area contributed by atoms with Gasteiger partial charge in [-0.25, -0.2) is 4.79 Å². The second kappa shape index (κ2) is 6.00. The molecule has 0 aliphatic heterocycles. The zero-order chi connectivity index (χ0) is 12.8. The van der Waals surface area contributed by atoms with E-state index in [-0.39, 0.29) is 6.61 Å². The topological polar surface area (TPSA) is 72.8 Å². The normalized spacial score (nSPS) is 11.7. The van der Waals surface area contributed by atoms with Gasteiger partial charge in [0.15, 0.2) is 6.10 Å². The third kappa shape index (κ3) is 3.88. The number of rotatable bonds is 4. The van der Waals surface area contributed by atoms with Gasteiger partial charge in [-0.2, -0.15) is 0 Å². The molecule has 0 spiro atoms. The van der Waals surface area contributed by atoms with E-state index in [0.29, 0.717) is 11.3 Å². The van der Waals surface area contributed by atoms with Crippen LogP contribution in [0.2, 0.25) is 0 Å². The number of benzene rings is 1. The van der Waals surface area contributed by atoms with Crippen molar-refractivity contribution in [3.63, 3.8) is 0 Å². The third-order valence-electron chi connectivity index (χ3n) is 1.97. The van der Waals surface area contributed by atoms with Crippen LogP contribution in [0.15, 0.2) is 24.3 Å². The van der Waals surface area contributed by atoms with Crippen LogP contribution < -0.4 is 4.74 Å². The molecular formula is C12H14O5. The SMILES string of the molecule is CCOC(=O)C(O)c1ccc(OC(C)=O)cc1. The first-order valence-electron chi connectivity index (χ1n) is 5.17. The van der Waals surface area contributed by atoms with Crippen molar-refractivity contribution in [2.24, 2.45) is 0 Å². The first-order valence-corrected chi connectivity index (χ1v) is 5.17. The lowest BCUT2D eigenvalue weighted by atomic mass is 10.1. The standard InChI is InChI=1S/C12H14O5/c1-3-16-12(15)11(14)9-4-6-10(7-5-9)17-8(2)13/h4-7,11,14H,3H2,1-2H3. The molecule has 1 rings (SSSR count).